The Hall–Kier alpha value is -2.54. The molecule has 2 amide bonds. The van der Waals surface area contributed by atoms with Crippen molar-refractivity contribution in [1.82, 2.24) is 24.7 Å². The summed E-state index contributed by atoms with van der Waals surface area (Å²) in [5, 5.41) is 17.1. The highest BCUT2D eigenvalue weighted by Gasteiger charge is 2.21. The van der Waals surface area contributed by atoms with Gasteiger partial charge < -0.3 is 25.5 Å². The first-order chi connectivity index (χ1) is 17.5. The van der Waals surface area contributed by atoms with Crippen LogP contribution in [0.1, 0.15) is 24.8 Å². The Balaban J connectivity index is 1.21. The third-order valence-corrected chi connectivity index (χ3v) is 8.80. The van der Waals surface area contributed by atoms with Crippen molar-refractivity contribution in [2.75, 3.05) is 76.1 Å². The summed E-state index contributed by atoms with van der Waals surface area (Å²) in [7, 11) is 0. The third kappa shape index (κ3) is 5.56. The predicted molar refractivity (Wildman–Crippen MR) is 145 cm³/mol. The summed E-state index contributed by atoms with van der Waals surface area (Å²) in [5.41, 5.74) is 2.79. The minimum absolute atomic E-state index is 0.0682. The van der Waals surface area contributed by atoms with Gasteiger partial charge in [0.25, 0.3) is 0 Å². The van der Waals surface area contributed by atoms with Crippen molar-refractivity contribution >= 4 is 65.2 Å². The van der Waals surface area contributed by atoms with Crippen molar-refractivity contribution < 1.29 is 14.7 Å². The minimum atomic E-state index is 0.0682. The van der Waals surface area contributed by atoms with E-state index in [1.807, 2.05) is 16.7 Å². The van der Waals surface area contributed by atoms with Crippen LogP contribution in [0.15, 0.2) is 6.07 Å². The Morgan fingerprint density at radius 2 is 1.42 bits per heavy atom. The molecule has 4 heterocycles. The van der Waals surface area contributed by atoms with Crippen LogP contribution in [0.2, 0.25) is 0 Å². The van der Waals surface area contributed by atoms with Crippen molar-refractivity contribution in [1.29, 1.82) is 0 Å². The number of aliphatic hydroxyl groups is 1. The summed E-state index contributed by atoms with van der Waals surface area (Å²) < 4.78 is 2.10. The highest BCUT2D eigenvalue weighted by molar-refractivity contribution is 7.24. The lowest BCUT2D eigenvalue weighted by atomic mass is 10.2. The zero-order chi connectivity index (χ0) is 25.1. The maximum Gasteiger partial charge on any atom is 0.241 e. The highest BCUT2D eigenvalue weighted by Crippen LogP contribution is 2.37. The number of hydrogen-bond acceptors (Lipinski definition) is 10. The number of anilines is 2. The first-order valence-corrected chi connectivity index (χ1v) is 14.2. The van der Waals surface area contributed by atoms with Gasteiger partial charge in [-0.1, -0.05) is 22.7 Å². The number of rotatable bonds is 8. The first kappa shape index (κ1) is 25.1. The molecule has 0 spiro atoms. The number of thiazole rings is 2. The van der Waals surface area contributed by atoms with E-state index < -0.39 is 0 Å². The molecule has 10 nitrogen and oxygen atoms in total. The largest absolute Gasteiger partial charge is 0.395 e. The zero-order valence-electron chi connectivity index (χ0n) is 20.6. The number of nitrogens with zero attached hydrogens (tertiary/aromatic N) is 5. The SMILES string of the molecule is Cc1c2nc(NCC(=O)N3CCCC3)sc2cc2sc(NCC(=O)N3CCCN(CCO)CC3)nc12. The summed E-state index contributed by atoms with van der Waals surface area (Å²) in [6.07, 6.45) is 3.09. The van der Waals surface area contributed by atoms with Gasteiger partial charge in [0.05, 0.1) is 40.1 Å². The molecule has 2 aliphatic heterocycles. The van der Waals surface area contributed by atoms with E-state index in [0.717, 1.165) is 88.2 Å². The number of benzene rings is 1. The van der Waals surface area contributed by atoms with Crippen molar-refractivity contribution in [3.8, 4) is 0 Å². The molecule has 2 aliphatic rings. The van der Waals surface area contributed by atoms with Gasteiger partial charge in [0.1, 0.15) is 0 Å². The van der Waals surface area contributed by atoms with E-state index in [9.17, 15) is 9.59 Å². The van der Waals surface area contributed by atoms with Gasteiger partial charge in [0.15, 0.2) is 10.3 Å². The molecule has 0 unspecified atom stereocenters. The van der Waals surface area contributed by atoms with E-state index in [2.05, 4.69) is 21.6 Å². The molecular formula is C24H33N7O3S2. The molecule has 0 saturated carbocycles. The second kappa shape index (κ2) is 11.2. The summed E-state index contributed by atoms with van der Waals surface area (Å²) in [6.45, 7) is 8.13. The van der Waals surface area contributed by atoms with E-state index in [0.29, 0.717) is 13.1 Å². The standard InChI is InChI=1S/C24H33N7O3S2/c1-16-21-17(35-23(27-21)25-14-19(33)30-6-2-3-7-30)13-18-22(16)28-24(36-18)26-15-20(34)31-8-4-5-29(9-10-31)11-12-32/h13,32H,2-12,14-15H2,1H3,(H,25,27)(H,26,28). The molecule has 0 aliphatic carbocycles. The average Bonchev–Trinajstić information content (AvgIpc) is 3.60. The van der Waals surface area contributed by atoms with Crippen LogP contribution in [0, 0.1) is 6.92 Å². The fourth-order valence-electron chi connectivity index (χ4n) is 4.86. The van der Waals surface area contributed by atoms with E-state index in [1.165, 1.54) is 11.3 Å². The Bertz CT molecular complexity index is 1240. The smallest absolute Gasteiger partial charge is 0.241 e. The monoisotopic (exact) mass is 531 g/mol. The van der Waals surface area contributed by atoms with Crippen LogP contribution in [0.4, 0.5) is 10.3 Å². The van der Waals surface area contributed by atoms with Gasteiger partial charge in [-0.2, -0.15) is 0 Å². The van der Waals surface area contributed by atoms with E-state index in [-0.39, 0.29) is 31.5 Å². The maximum atomic E-state index is 12.8. The van der Waals surface area contributed by atoms with Crippen LogP contribution in [-0.4, -0.2) is 107 Å². The molecule has 12 heteroatoms. The number of aromatic nitrogens is 2. The van der Waals surface area contributed by atoms with Gasteiger partial charge in [-0.15, -0.1) is 0 Å². The maximum absolute atomic E-state index is 12.8. The number of aliphatic hydroxyl groups excluding tert-OH is 1. The number of carbonyl (C=O) groups is 2. The number of carbonyl (C=O) groups excluding carboxylic acids is 2. The molecule has 1 aromatic carbocycles. The fraction of sp³-hybridized carbons (Fsp3) is 0.583. The second-order valence-corrected chi connectivity index (χ2v) is 11.4. The Labute approximate surface area is 218 Å². The summed E-state index contributed by atoms with van der Waals surface area (Å²) >= 11 is 3.09. The molecule has 0 atom stereocenters. The fourth-order valence-corrected chi connectivity index (χ4v) is 6.86. The third-order valence-electron chi connectivity index (χ3n) is 6.88. The predicted octanol–water partition coefficient (Wildman–Crippen LogP) is 2.19. The van der Waals surface area contributed by atoms with Gasteiger partial charge >= 0.3 is 0 Å². The number of amides is 2. The van der Waals surface area contributed by atoms with Gasteiger partial charge in [-0.05, 0) is 38.8 Å². The topological polar surface area (TPSA) is 114 Å². The molecule has 3 N–H and O–H groups in total. The van der Waals surface area contributed by atoms with Crippen LogP contribution in [0.3, 0.4) is 0 Å². The Morgan fingerprint density at radius 1 is 0.861 bits per heavy atom. The van der Waals surface area contributed by atoms with Crippen LogP contribution in [0.25, 0.3) is 20.4 Å². The molecule has 3 aromatic rings. The van der Waals surface area contributed by atoms with Crippen molar-refractivity contribution in [2.45, 2.75) is 26.2 Å². The molecule has 2 aromatic heterocycles. The number of fused-ring (bicyclic) bond motifs is 2. The first-order valence-electron chi connectivity index (χ1n) is 12.6. The molecule has 2 fully saturated rings. The van der Waals surface area contributed by atoms with Gasteiger partial charge in [-0.3, -0.25) is 14.5 Å². The number of likely N-dealkylation sites (tertiary alicyclic amines) is 1. The summed E-state index contributed by atoms with van der Waals surface area (Å²) in [5.74, 6) is 0.192. The van der Waals surface area contributed by atoms with E-state index in [1.54, 1.807) is 11.3 Å². The average molecular weight is 532 g/mol. The van der Waals surface area contributed by atoms with Crippen LogP contribution >= 0.6 is 22.7 Å². The van der Waals surface area contributed by atoms with Crippen molar-refractivity contribution in [3.63, 3.8) is 0 Å². The molecule has 36 heavy (non-hydrogen) atoms. The van der Waals surface area contributed by atoms with Crippen molar-refractivity contribution in [2.24, 2.45) is 0 Å². The molecule has 5 rings (SSSR count). The van der Waals surface area contributed by atoms with Crippen LogP contribution < -0.4 is 10.6 Å². The van der Waals surface area contributed by atoms with Crippen molar-refractivity contribution in [3.05, 3.63) is 11.6 Å². The lowest BCUT2D eigenvalue weighted by Crippen LogP contribution is -2.38. The number of hydrogen-bond donors (Lipinski definition) is 3. The molecule has 0 bridgehead atoms. The van der Waals surface area contributed by atoms with Crippen LogP contribution in [0.5, 0.6) is 0 Å². The molecule has 2 saturated heterocycles. The van der Waals surface area contributed by atoms with Crippen LogP contribution in [-0.2, 0) is 9.59 Å². The second-order valence-electron chi connectivity index (χ2n) is 9.33. The molecule has 0 radical (unpaired) electrons. The van der Waals surface area contributed by atoms with E-state index in [4.69, 9.17) is 15.1 Å². The number of nitrogens with one attached hydrogen (secondary N) is 2. The quantitative estimate of drug-likeness (QED) is 0.405. The number of β-amino-alcohol motifs (C(OH)–C–C–N with tert-alkyl or cyclic N) is 1. The summed E-state index contributed by atoms with van der Waals surface area (Å²) in [4.78, 5) is 40.6. The van der Waals surface area contributed by atoms with E-state index >= 15 is 0 Å². The minimum Gasteiger partial charge on any atom is -0.395 e. The van der Waals surface area contributed by atoms with Gasteiger partial charge in [0.2, 0.25) is 11.8 Å². The Kier molecular flexibility index (Phi) is 7.85. The van der Waals surface area contributed by atoms with Gasteiger partial charge in [-0.25, -0.2) is 9.97 Å². The molecule has 194 valence electrons. The van der Waals surface area contributed by atoms with Gasteiger partial charge in [0, 0.05) is 44.8 Å². The Morgan fingerprint density at radius 3 is 2.00 bits per heavy atom. The normalized spacial score (nSPS) is 17.2. The highest BCUT2D eigenvalue weighted by atomic mass is 32.1. The zero-order valence-corrected chi connectivity index (χ0v) is 22.2. The summed E-state index contributed by atoms with van der Waals surface area (Å²) in [6, 6.07) is 2.10. The lowest BCUT2D eigenvalue weighted by molar-refractivity contribution is -0.129. The lowest BCUT2D eigenvalue weighted by Gasteiger charge is -2.21. The molecular weight excluding hydrogens is 498 g/mol. The number of aryl methyl sites for hydroxylation is 1.